The van der Waals surface area contributed by atoms with Crippen molar-refractivity contribution in [2.24, 2.45) is 5.92 Å². The van der Waals surface area contributed by atoms with E-state index in [1.165, 1.54) is 17.7 Å². The van der Waals surface area contributed by atoms with Gasteiger partial charge in [-0.15, -0.1) is 0 Å². The molecule has 0 bridgehead atoms. The number of carbonyl (C=O) groups is 2. The Morgan fingerprint density at radius 2 is 1.95 bits per heavy atom. The van der Waals surface area contributed by atoms with Gasteiger partial charge in [0.15, 0.2) is 5.78 Å². The lowest BCUT2D eigenvalue weighted by Crippen LogP contribution is -2.37. The second-order valence-corrected chi connectivity index (χ2v) is 9.38. The van der Waals surface area contributed by atoms with E-state index in [1.54, 1.807) is 18.1 Å². The zero-order valence-corrected chi connectivity index (χ0v) is 20.8. The molecule has 0 saturated heterocycles. The molecular weight excluding hydrogens is 469 g/mol. The molecule has 0 saturated carbocycles. The molecule has 6 nitrogen and oxygen atoms in total. The van der Waals surface area contributed by atoms with Crippen LogP contribution in [0.25, 0.3) is 5.57 Å². The van der Waals surface area contributed by atoms with Crippen LogP contribution in [0.5, 0.6) is 5.75 Å². The van der Waals surface area contributed by atoms with E-state index < -0.39 is 11.7 Å². The summed E-state index contributed by atoms with van der Waals surface area (Å²) in [5.74, 6) is -0.938. The first-order valence-corrected chi connectivity index (χ1v) is 12.5. The summed E-state index contributed by atoms with van der Waals surface area (Å²) in [7, 11) is 1.54. The lowest BCUT2D eigenvalue weighted by molar-refractivity contribution is -0.122. The highest BCUT2D eigenvalue weighted by atomic mass is 19.1. The Hall–Kier alpha value is -3.97. The maximum atomic E-state index is 14.2. The fourth-order valence-corrected chi connectivity index (χ4v) is 4.97. The van der Waals surface area contributed by atoms with Gasteiger partial charge in [0.1, 0.15) is 11.6 Å². The molecule has 0 aromatic heterocycles. The average Bonchev–Trinajstić information content (AvgIpc) is 3.06. The number of ketones is 1. The van der Waals surface area contributed by atoms with Gasteiger partial charge in [-0.2, -0.15) is 0 Å². The van der Waals surface area contributed by atoms with E-state index in [0.717, 1.165) is 30.6 Å². The highest BCUT2D eigenvalue weighted by Crippen LogP contribution is 2.34. The second-order valence-electron chi connectivity index (χ2n) is 9.38. The van der Waals surface area contributed by atoms with Gasteiger partial charge >= 0.3 is 0 Å². The van der Waals surface area contributed by atoms with Crippen molar-refractivity contribution in [3.63, 3.8) is 0 Å². The van der Waals surface area contributed by atoms with Crippen molar-refractivity contribution in [1.82, 2.24) is 5.32 Å². The minimum atomic E-state index is -0.627. The van der Waals surface area contributed by atoms with E-state index >= 15 is 0 Å². The molecule has 2 aliphatic heterocycles. The highest BCUT2D eigenvalue weighted by Gasteiger charge is 2.33. The molecule has 0 aliphatic carbocycles. The second kappa shape index (κ2) is 11.0. The maximum absolute atomic E-state index is 14.2. The summed E-state index contributed by atoms with van der Waals surface area (Å²) in [6, 6.07) is 19.6. The minimum Gasteiger partial charge on any atom is -0.496 e. The predicted molar refractivity (Wildman–Crippen MR) is 143 cm³/mol. The lowest BCUT2D eigenvalue weighted by atomic mass is 9.92. The Balaban J connectivity index is 1.44. The number of methoxy groups -OCH3 is 1. The topological polar surface area (TPSA) is 70.7 Å². The Morgan fingerprint density at radius 3 is 2.70 bits per heavy atom. The van der Waals surface area contributed by atoms with E-state index in [2.05, 4.69) is 16.7 Å². The third kappa shape index (κ3) is 5.42. The van der Waals surface area contributed by atoms with Crippen molar-refractivity contribution in [2.45, 2.75) is 19.4 Å². The van der Waals surface area contributed by atoms with Crippen molar-refractivity contribution in [3.8, 4) is 5.75 Å². The van der Waals surface area contributed by atoms with Crippen LogP contribution >= 0.6 is 0 Å². The third-order valence-corrected chi connectivity index (χ3v) is 6.95. The van der Waals surface area contributed by atoms with E-state index in [9.17, 15) is 14.0 Å². The van der Waals surface area contributed by atoms with Crippen LogP contribution in [0.4, 0.5) is 15.8 Å². The van der Waals surface area contributed by atoms with Crippen LogP contribution in [0.3, 0.4) is 0 Å². The Kier molecular flexibility index (Phi) is 7.32. The molecule has 190 valence electrons. The number of hydrogen-bond acceptors (Lipinski definition) is 5. The quantitative estimate of drug-likeness (QED) is 0.445. The van der Waals surface area contributed by atoms with Crippen molar-refractivity contribution >= 4 is 28.6 Å². The van der Waals surface area contributed by atoms with Gasteiger partial charge in [0.05, 0.1) is 36.5 Å². The number of rotatable bonds is 7. The van der Waals surface area contributed by atoms with E-state index in [4.69, 9.17) is 4.74 Å². The molecule has 1 atom stereocenters. The molecule has 0 spiro atoms. The van der Waals surface area contributed by atoms with Crippen LogP contribution in [-0.4, -0.2) is 38.4 Å². The van der Waals surface area contributed by atoms with Gasteiger partial charge in [-0.1, -0.05) is 42.5 Å². The summed E-state index contributed by atoms with van der Waals surface area (Å²) < 4.78 is 19.7. The van der Waals surface area contributed by atoms with Crippen LogP contribution in [0.1, 0.15) is 34.3 Å². The van der Waals surface area contributed by atoms with E-state index in [0.29, 0.717) is 22.7 Å². The zero-order valence-electron chi connectivity index (χ0n) is 20.8. The minimum absolute atomic E-state index is 0.00795. The van der Waals surface area contributed by atoms with Crippen molar-refractivity contribution in [2.75, 3.05) is 37.0 Å². The number of anilines is 2. The molecule has 2 aliphatic rings. The van der Waals surface area contributed by atoms with E-state index in [-0.39, 0.29) is 31.2 Å². The molecule has 7 heteroatoms. The summed E-state index contributed by atoms with van der Waals surface area (Å²) in [5.41, 5.74) is 4.70. The molecule has 0 radical (unpaired) electrons. The van der Waals surface area contributed by atoms with Gasteiger partial charge in [0.25, 0.3) is 0 Å². The van der Waals surface area contributed by atoms with Crippen LogP contribution in [-0.2, 0) is 11.3 Å². The van der Waals surface area contributed by atoms with Crippen LogP contribution in [0.15, 0.2) is 72.8 Å². The number of halogens is 1. The summed E-state index contributed by atoms with van der Waals surface area (Å²) >= 11 is 0. The van der Waals surface area contributed by atoms with Gasteiger partial charge in [-0.25, -0.2) is 4.39 Å². The largest absolute Gasteiger partial charge is 0.496 e. The van der Waals surface area contributed by atoms with Crippen LogP contribution < -0.4 is 20.3 Å². The molecule has 5 rings (SSSR count). The maximum Gasteiger partial charge on any atom is 0.232 e. The van der Waals surface area contributed by atoms with Gasteiger partial charge < -0.3 is 20.3 Å². The van der Waals surface area contributed by atoms with Gasteiger partial charge in [-0.3, -0.25) is 9.59 Å². The summed E-state index contributed by atoms with van der Waals surface area (Å²) in [4.78, 5) is 29.0. The van der Waals surface area contributed by atoms with Crippen LogP contribution in [0.2, 0.25) is 0 Å². The Bertz CT molecular complexity index is 1340. The first-order chi connectivity index (χ1) is 18.0. The number of hydrogen-bond donors (Lipinski definition) is 2. The van der Waals surface area contributed by atoms with Gasteiger partial charge in [-0.05, 0) is 60.0 Å². The smallest absolute Gasteiger partial charge is 0.232 e. The number of benzene rings is 3. The molecule has 0 unspecified atom stereocenters. The third-order valence-electron chi connectivity index (χ3n) is 6.95. The summed E-state index contributed by atoms with van der Waals surface area (Å²) in [6.45, 7) is 2.24. The number of Topliss-reactive ketones (excluding diaryl/α,β-unsaturated/α-hetero) is 1. The number of nitrogens with one attached hydrogen (secondary N) is 2. The number of ether oxygens (including phenoxy) is 1. The SMILES string of the molecule is COc1ccc(C2=CCNCC2)cc1C(=O)C[C@H]1CNc2ccc(F)cc2N(Cc2ccccc2)C1=O. The van der Waals surface area contributed by atoms with Gasteiger partial charge in [0.2, 0.25) is 5.91 Å². The monoisotopic (exact) mass is 499 g/mol. The summed E-state index contributed by atoms with van der Waals surface area (Å²) in [5, 5.41) is 6.57. The van der Waals surface area contributed by atoms with Crippen molar-refractivity contribution < 1.29 is 18.7 Å². The van der Waals surface area contributed by atoms with Crippen LogP contribution in [0, 0.1) is 11.7 Å². The molecule has 37 heavy (non-hydrogen) atoms. The molecule has 2 heterocycles. The molecule has 3 aromatic rings. The average molecular weight is 500 g/mol. The predicted octanol–water partition coefficient (Wildman–Crippen LogP) is 5.06. The molecule has 3 aromatic carbocycles. The first-order valence-electron chi connectivity index (χ1n) is 12.5. The number of fused-ring (bicyclic) bond motifs is 1. The van der Waals surface area contributed by atoms with Crippen molar-refractivity contribution in [3.05, 3.63) is 95.3 Å². The number of carbonyl (C=O) groups excluding carboxylic acids is 2. The fraction of sp³-hybridized carbons (Fsp3) is 0.267. The summed E-state index contributed by atoms with van der Waals surface area (Å²) in [6.07, 6.45) is 3.03. The number of amides is 1. The van der Waals surface area contributed by atoms with Gasteiger partial charge in [0, 0.05) is 19.5 Å². The molecule has 1 amide bonds. The first kappa shape index (κ1) is 24.7. The standard InChI is InChI=1S/C30H30FN3O3/c1-37-29-10-7-22(21-11-13-32-14-12-21)15-25(29)28(35)16-23-18-33-26-9-8-24(31)17-27(26)34(30(23)36)19-20-5-3-2-4-6-20/h2-11,15,17,23,32-33H,12-14,16,18-19H2,1H3/t23-/m0/s1. The Morgan fingerprint density at radius 1 is 1.11 bits per heavy atom. The zero-order chi connectivity index (χ0) is 25.8. The highest BCUT2D eigenvalue weighted by molar-refractivity contribution is 6.05. The normalized spacial score (nSPS) is 17.4. The van der Waals surface area contributed by atoms with E-state index in [1.807, 2.05) is 48.5 Å². The lowest BCUT2D eigenvalue weighted by Gasteiger charge is -2.25. The molecular formula is C30H30FN3O3. The van der Waals surface area contributed by atoms with Crippen molar-refractivity contribution in [1.29, 1.82) is 0 Å². The molecule has 2 N–H and O–H groups in total. The fourth-order valence-electron chi connectivity index (χ4n) is 4.97. The molecule has 0 fully saturated rings. The number of nitrogens with zero attached hydrogens (tertiary/aromatic N) is 1. The Labute approximate surface area is 216 Å².